The van der Waals surface area contributed by atoms with Gasteiger partial charge in [-0.15, -0.1) is 11.8 Å². The third-order valence-corrected chi connectivity index (χ3v) is 8.40. The number of carbonyl (C=O) groups is 2. The molecule has 0 aliphatic heterocycles. The number of benzene rings is 3. The SMILES string of the molecule is O=C(NCc1ccco1)c1cccc(SCc2c(O[C@H](Cn3ccnc3)c3ccccc3)ccc3c2CCCC3=O)c1. The number of aromatic nitrogens is 2. The van der Waals surface area contributed by atoms with Crippen LogP contribution in [-0.2, 0) is 25.3 Å². The van der Waals surface area contributed by atoms with Crippen molar-refractivity contribution in [2.24, 2.45) is 0 Å². The van der Waals surface area contributed by atoms with Gasteiger partial charge in [0, 0.05) is 46.2 Å². The first kappa shape index (κ1) is 27.6. The third kappa shape index (κ3) is 6.50. The van der Waals surface area contributed by atoms with Gasteiger partial charge in [0.1, 0.15) is 17.6 Å². The Balaban J connectivity index is 1.26. The Morgan fingerprint density at radius 1 is 1.05 bits per heavy atom. The number of hydrogen-bond acceptors (Lipinski definition) is 6. The molecule has 1 atom stereocenters. The molecular formula is C34H31N3O4S. The molecule has 0 fully saturated rings. The quantitative estimate of drug-likeness (QED) is 0.170. The van der Waals surface area contributed by atoms with Crippen molar-refractivity contribution < 1.29 is 18.7 Å². The van der Waals surface area contributed by atoms with E-state index in [1.807, 2.05) is 65.4 Å². The number of carbonyl (C=O) groups excluding carboxylic acids is 2. The van der Waals surface area contributed by atoms with Crippen molar-refractivity contribution in [2.75, 3.05) is 0 Å². The van der Waals surface area contributed by atoms with E-state index in [0.717, 1.165) is 45.7 Å². The van der Waals surface area contributed by atoms with Crippen LogP contribution < -0.4 is 10.1 Å². The molecule has 7 nitrogen and oxygen atoms in total. The summed E-state index contributed by atoms with van der Waals surface area (Å²) in [5.74, 6) is 2.10. The third-order valence-electron chi connectivity index (χ3n) is 7.38. The van der Waals surface area contributed by atoms with Crippen LogP contribution in [0.3, 0.4) is 0 Å². The molecule has 2 aromatic heterocycles. The van der Waals surface area contributed by atoms with Crippen molar-refractivity contribution in [1.29, 1.82) is 0 Å². The zero-order valence-electron chi connectivity index (χ0n) is 23.1. The first-order chi connectivity index (χ1) is 20.6. The van der Waals surface area contributed by atoms with Gasteiger partial charge in [0.25, 0.3) is 5.91 Å². The maximum atomic E-state index is 12.8. The summed E-state index contributed by atoms with van der Waals surface area (Å²) in [7, 11) is 0. The Kier molecular flexibility index (Phi) is 8.51. The van der Waals surface area contributed by atoms with Crippen LogP contribution in [0.15, 0.2) is 113 Å². The maximum Gasteiger partial charge on any atom is 0.251 e. The second kappa shape index (κ2) is 13.0. The summed E-state index contributed by atoms with van der Waals surface area (Å²) in [5, 5.41) is 2.91. The van der Waals surface area contributed by atoms with Crippen LogP contribution in [0.4, 0.5) is 0 Å². The van der Waals surface area contributed by atoms with Crippen molar-refractivity contribution in [3.05, 3.63) is 137 Å². The van der Waals surface area contributed by atoms with E-state index < -0.39 is 0 Å². The average molecular weight is 578 g/mol. The standard InChI is InChI=1S/C34H31N3O4S/c38-31-13-5-12-28-29(31)14-15-32(41-33(21-37-17-16-35-23-37)24-7-2-1-3-8-24)30(28)22-42-27-11-4-9-25(19-27)34(39)36-20-26-10-6-18-40-26/h1-4,6-11,14-19,23,33H,5,12-13,20-22H2,(H,36,39)/t33-/m1/s1. The van der Waals surface area contributed by atoms with Gasteiger partial charge in [0.05, 0.1) is 25.7 Å². The summed E-state index contributed by atoms with van der Waals surface area (Å²) < 4.78 is 14.1. The smallest absolute Gasteiger partial charge is 0.251 e. The van der Waals surface area contributed by atoms with Crippen LogP contribution in [0.25, 0.3) is 0 Å². The largest absolute Gasteiger partial charge is 0.484 e. The van der Waals surface area contributed by atoms with Crippen molar-refractivity contribution >= 4 is 23.5 Å². The number of thioether (sulfide) groups is 1. The molecule has 5 aromatic rings. The Bertz CT molecular complexity index is 1650. The second-order valence-electron chi connectivity index (χ2n) is 10.2. The van der Waals surface area contributed by atoms with E-state index in [1.54, 1.807) is 42.7 Å². The Morgan fingerprint density at radius 3 is 2.76 bits per heavy atom. The minimum absolute atomic E-state index is 0.161. The number of nitrogens with one attached hydrogen (secondary N) is 1. The number of ketones is 1. The number of ether oxygens (including phenoxy) is 1. The number of rotatable bonds is 11. The van der Waals surface area contributed by atoms with E-state index in [-0.39, 0.29) is 17.8 Å². The van der Waals surface area contributed by atoms with Crippen LogP contribution in [0.1, 0.15) is 62.1 Å². The van der Waals surface area contributed by atoms with Crippen LogP contribution in [-0.4, -0.2) is 21.2 Å². The molecule has 0 unspecified atom stereocenters. The molecule has 0 radical (unpaired) electrons. The highest BCUT2D eigenvalue weighted by molar-refractivity contribution is 7.98. The number of fused-ring (bicyclic) bond motifs is 1. The summed E-state index contributed by atoms with van der Waals surface area (Å²) in [6.45, 7) is 0.928. The molecule has 1 amide bonds. The molecule has 0 saturated carbocycles. The first-order valence-electron chi connectivity index (χ1n) is 14.0. The van der Waals surface area contributed by atoms with Crippen LogP contribution >= 0.6 is 11.8 Å². The zero-order chi connectivity index (χ0) is 28.7. The van der Waals surface area contributed by atoms with Gasteiger partial charge in [-0.3, -0.25) is 9.59 Å². The minimum atomic E-state index is -0.248. The van der Waals surface area contributed by atoms with Crippen molar-refractivity contribution in [3.63, 3.8) is 0 Å². The van der Waals surface area contributed by atoms with Crippen LogP contribution in [0, 0.1) is 0 Å². The van der Waals surface area contributed by atoms with Gasteiger partial charge in [0.15, 0.2) is 5.78 Å². The molecule has 2 heterocycles. The number of furan rings is 1. The predicted molar refractivity (Wildman–Crippen MR) is 162 cm³/mol. The molecular weight excluding hydrogens is 546 g/mol. The highest BCUT2D eigenvalue weighted by Gasteiger charge is 2.25. The number of nitrogens with zero attached hydrogens (tertiary/aromatic N) is 2. The molecule has 42 heavy (non-hydrogen) atoms. The highest BCUT2D eigenvalue weighted by Crippen LogP contribution is 2.38. The fraction of sp³-hybridized carbons (Fsp3) is 0.206. The lowest BCUT2D eigenvalue weighted by molar-refractivity contribution is 0.0945. The Morgan fingerprint density at radius 2 is 1.95 bits per heavy atom. The summed E-state index contributed by atoms with van der Waals surface area (Å²) in [6, 6.07) is 25.2. The Labute approximate surface area is 248 Å². The van der Waals surface area contributed by atoms with Crippen molar-refractivity contribution in [2.45, 2.75) is 49.1 Å². The normalized spacial score (nSPS) is 13.4. The molecule has 1 aliphatic rings. The Hall–Kier alpha value is -4.56. The summed E-state index contributed by atoms with van der Waals surface area (Å²) in [4.78, 5) is 30.8. The number of Topliss-reactive ketones (excluding diaryl/α,β-unsaturated/α-hetero) is 1. The van der Waals surface area contributed by atoms with E-state index in [9.17, 15) is 9.59 Å². The summed E-state index contributed by atoms with van der Waals surface area (Å²) >= 11 is 1.63. The van der Waals surface area contributed by atoms with Gasteiger partial charge < -0.3 is 19.0 Å². The van der Waals surface area contributed by atoms with Crippen LogP contribution in [0.5, 0.6) is 5.75 Å². The fourth-order valence-electron chi connectivity index (χ4n) is 5.23. The lowest BCUT2D eigenvalue weighted by Crippen LogP contribution is -2.22. The van der Waals surface area contributed by atoms with Gasteiger partial charge in [-0.2, -0.15) is 0 Å². The lowest BCUT2D eigenvalue weighted by Gasteiger charge is -2.25. The number of hydrogen-bond donors (Lipinski definition) is 1. The molecule has 0 saturated heterocycles. The van der Waals surface area contributed by atoms with E-state index >= 15 is 0 Å². The molecule has 1 aliphatic carbocycles. The van der Waals surface area contributed by atoms with Crippen molar-refractivity contribution in [1.82, 2.24) is 14.9 Å². The molecule has 6 rings (SSSR count). The van der Waals surface area contributed by atoms with E-state index in [4.69, 9.17) is 9.15 Å². The van der Waals surface area contributed by atoms with Gasteiger partial charge in [-0.05, 0) is 66.4 Å². The molecule has 0 spiro atoms. The number of imidazole rings is 1. The van der Waals surface area contributed by atoms with Gasteiger partial charge in [0.2, 0.25) is 0 Å². The number of amides is 1. The topological polar surface area (TPSA) is 86.4 Å². The fourth-order valence-corrected chi connectivity index (χ4v) is 6.24. The molecule has 1 N–H and O–H groups in total. The molecule has 212 valence electrons. The predicted octanol–water partition coefficient (Wildman–Crippen LogP) is 7.04. The molecule has 3 aromatic carbocycles. The second-order valence-corrected chi connectivity index (χ2v) is 11.2. The van der Waals surface area contributed by atoms with Crippen LogP contribution in [0.2, 0.25) is 0 Å². The molecule has 0 bridgehead atoms. The van der Waals surface area contributed by atoms with Gasteiger partial charge in [-0.1, -0.05) is 36.4 Å². The monoisotopic (exact) mass is 577 g/mol. The van der Waals surface area contributed by atoms with Gasteiger partial charge in [-0.25, -0.2) is 4.98 Å². The van der Waals surface area contributed by atoms with E-state index in [1.165, 1.54) is 0 Å². The van der Waals surface area contributed by atoms with E-state index in [2.05, 4.69) is 22.4 Å². The maximum absolute atomic E-state index is 12.8. The van der Waals surface area contributed by atoms with E-state index in [0.29, 0.717) is 36.6 Å². The lowest BCUT2D eigenvalue weighted by atomic mass is 9.87. The summed E-state index contributed by atoms with van der Waals surface area (Å²) in [6.07, 6.45) is 9.06. The molecule has 8 heteroatoms. The van der Waals surface area contributed by atoms with Crippen molar-refractivity contribution in [3.8, 4) is 5.75 Å². The zero-order valence-corrected chi connectivity index (χ0v) is 23.9. The minimum Gasteiger partial charge on any atom is -0.484 e. The highest BCUT2D eigenvalue weighted by atomic mass is 32.2. The van der Waals surface area contributed by atoms with Gasteiger partial charge >= 0.3 is 0 Å². The average Bonchev–Trinajstić information content (AvgIpc) is 3.74. The first-order valence-corrected chi connectivity index (χ1v) is 15.0. The summed E-state index contributed by atoms with van der Waals surface area (Å²) in [5.41, 5.74) is 4.54.